The highest BCUT2D eigenvalue weighted by molar-refractivity contribution is 5.86. The van der Waals surface area contributed by atoms with Crippen molar-refractivity contribution >= 4 is 16.9 Å². The molecular formula is C13H20N6. The molecule has 0 atom stereocenters. The molecule has 0 unspecified atom stereocenters. The van der Waals surface area contributed by atoms with E-state index in [-0.39, 0.29) is 0 Å². The molecule has 0 aromatic carbocycles. The van der Waals surface area contributed by atoms with E-state index in [1.807, 2.05) is 10.9 Å². The van der Waals surface area contributed by atoms with Crippen LogP contribution in [-0.2, 0) is 0 Å². The predicted octanol–water partition coefficient (Wildman–Crippen LogP) is 1.16. The summed E-state index contributed by atoms with van der Waals surface area (Å²) in [6.45, 7) is 8.40. The highest BCUT2D eigenvalue weighted by Crippen LogP contribution is 2.24. The van der Waals surface area contributed by atoms with Crippen LogP contribution >= 0.6 is 0 Å². The largest absolute Gasteiger partial charge is 0.353 e. The standard InChI is InChI=1S/C13H20N6/c1-10(2)19-13-11(8-16-19)12(14-9-15-13)18-6-4-17(3)5-7-18/h8-10H,4-7H2,1-3H3. The number of hydrogen-bond acceptors (Lipinski definition) is 5. The van der Waals surface area contributed by atoms with Crippen LogP contribution in [0.2, 0.25) is 0 Å². The lowest BCUT2D eigenvalue weighted by molar-refractivity contribution is 0.312. The third-order valence-electron chi connectivity index (χ3n) is 3.66. The van der Waals surface area contributed by atoms with E-state index in [1.165, 1.54) is 0 Å². The van der Waals surface area contributed by atoms with E-state index in [9.17, 15) is 0 Å². The van der Waals surface area contributed by atoms with Gasteiger partial charge in [0.25, 0.3) is 0 Å². The van der Waals surface area contributed by atoms with Crippen molar-refractivity contribution in [3.05, 3.63) is 12.5 Å². The number of anilines is 1. The number of fused-ring (bicyclic) bond motifs is 1. The van der Waals surface area contributed by atoms with Gasteiger partial charge in [0.15, 0.2) is 5.65 Å². The average Bonchev–Trinajstić information content (AvgIpc) is 2.83. The van der Waals surface area contributed by atoms with Crippen LogP contribution in [-0.4, -0.2) is 57.9 Å². The van der Waals surface area contributed by atoms with Gasteiger partial charge in [0.2, 0.25) is 0 Å². The van der Waals surface area contributed by atoms with E-state index in [2.05, 4.69) is 45.8 Å². The van der Waals surface area contributed by atoms with Gasteiger partial charge in [-0.1, -0.05) is 0 Å². The zero-order valence-corrected chi connectivity index (χ0v) is 11.7. The SMILES string of the molecule is CC(C)n1ncc2c(N3CCN(C)CC3)ncnc21. The molecule has 19 heavy (non-hydrogen) atoms. The minimum atomic E-state index is 0.313. The summed E-state index contributed by atoms with van der Waals surface area (Å²) < 4.78 is 1.95. The molecule has 6 heteroatoms. The summed E-state index contributed by atoms with van der Waals surface area (Å²) in [5, 5.41) is 5.50. The molecule has 0 spiro atoms. The van der Waals surface area contributed by atoms with Crippen LogP contribution in [0, 0.1) is 0 Å². The smallest absolute Gasteiger partial charge is 0.163 e. The van der Waals surface area contributed by atoms with Crippen molar-refractivity contribution in [3.8, 4) is 0 Å². The van der Waals surface area contributed by atoms with Crippen molar-refractivity contribution in [2.75, 3.05) is 38.1 Å². The maximum atomic E-state index is 4.47. The minimum absolute atomic E-state index is 0.313. The lowest BCUT2D eigenvalue weighted by Crippen LogP contribution is -2.44. The maximum Gasteiger partial charge on any atom is 0.163 e. The number of piperazine rings is 1. The van der Waals surface area contributed by atoms with Crippen molar-refractivity contribution in [3.63, 3.8) is 0 Å². The molecule has 3 rings (SSSR count). The summed E-state index contributed by atoms with van der Waals surface area (Å²) in [7, 11) is 2.16. The zero-order chi connectivity index (χ0) is 13.4. The van der Waals surface area contributed by atoms with Crippen molar-refractivity contribution < 1.29 is 0 Å². The van der Waals surface area contributed by atoms with Gasteiger partial charge in [-0.2, -0.15) is 5.10 Å². The predicted molar refractivity (Wildman–Crippen MR) is 75.4 cm³/mol. The Labute approximate surface area is 113 Å². The molecule has 1 fully saturated rings. The van der Waals surface area contributed by atoms with E-state index in [4.69, 9.17) is 0 Å². The van der Waals surface area contributed by atoms with E-state index in [0.717, 1.165) is 43.0 Å². The van der Waals surface area contributed by atoms with Crippen LogP contribution in [0.4, 0.5) is 5.82 Å². The van der Waals surface area contributed by atoms with Gasteiger partial charge in [-0.3, -0.25) is 0 Å². The Kier molecular flexibility index (Phi) is 3.10. The van der Waals surface area contributed by atoms with E-state index in [0.29, 0.717) is 6.04 Å². The fourth-order valence-corrected chi connectivity index (χ4v) is 2.50. The topological polar surface area (TPSA) is 50.1 Å². The number of nitrogens with zero attached hydrogens (tertiary/aromatic N) is 6. The van der Waals surface area contributed by atoms with Gasteiger partial charge in [-0.05, 0) is 20.9 Å². The Balaban J connectivity index is 2.00. The molecule has 6 nitrogen and oxygen atoms in total. The second-order valence-electron chi connectivity index (χ2n) is 5.41. The Bertz CT molecular complexity index is 568. The van der Waals surface area contributed by atoms with Crippen molar-refractivity contribution in [1.29, 1.82) is 0 Å². The van der Waals surface area contributed by atoms with Crippen LogP contribution in [0.5, 0.6) is 0 Å². The van der Waals surface area contributed by atoms with Crippen LogP contribution in [0.3, 0.4) is 0 Å². The molecule has 3 heterocycles. The van der Waals surface area contributed by atoms with Crippen molar-refractivity contribution in [2.45, 2.75) is 19.9 Å². The van der Waals surface area contributed by atoms with Gasteiger partial charge in [-0.15, -0.1) is 0 Å². The van der Waals surface area contributed by atoms with Crippen molar-refractivity contribution in [1.82, 2.24) is 24.6 Å². The number of likely N-dealkylation sites (N-methyl/N-ethyl adjacent to an activating group) is 1. The van der Waals surface area contributed by atoms with Gasteiger partial charge in [-0.25, -0.2) is 14.6 Å². The molecule has 2 aromatic heterocycles. The maximum absolute atomic E-state index is 4.47. The molecule has 0 amide bonds. The lowest BCUT2D eigenvalue weighted by Gasteiger charge is -2.33. The normalized spacial score (nSPS) is 17.6. The molecule has 0 saturated carbocycles. The first-order valence-corrected chi connectivity index (χ1v) is 6.78. The second-order valence-corrected chi connectivity index (χ2v) is 5.41. The fraction of sp³-hybridized carbons (Fsp3) is 0.615. The van der Waals surface area contributed by atoms with E-state index < -0.39 is 0 Å². The van der Waals surface area contributed by atoms with Gasteiger partial charge < -0.3 is 9.80 Å². The number of rotatable bonds is 2. The zero-order valence-electron chi connectivity index (χ0n) is 11.7. The summed E-state index contributed by atoms with van der Waals surface area (Å²) in [4.78, 5) is 13.5. The molecule has 1 saturated heterocycles. The van der Waals surface area contributed by atoms with Gasteiger partial charge >= 0.3 is 0 Å². The van der Waals surface area contributed by atoms with Gasteiger partial charge in [0.05, 0.1) is 11.6 Å². The minimum Gasteiger partial charge on any atom is -0.353 e. The molecule has 102 valence electrons. The Morgan fingerprint density at radius 3 is 2.53 bits per heavy atom. The summed E-state index contributed by atoms with van der Waals surface area (Å²) in [6, 6.07) is 0.313. The third kappa shape index (κ3) is 2.16. The monoisotopic (exact) mass is 260 g/mol. The Morgan fingerprint density at radius 1 is 1.11 bits per heavy atom. The molecular weight excluding hydrogens is 240 g/mol. The molecule has 1 aliphatic rings. The molecule has 2 aromatic rings. The summed E-state index contributed by atoms with van der Waals surface area (Å²) in [6.07, 6.45) is 3.54. The first kappa shape index (κ1) is 12.3. The summed E-state index contributed by atoms with van der Waals surface area (Å²) in [5.74, 6) is 1.02. The number of aromatic nitrogens is 4. The molecule has 0 radical (unpaired) electrons. The molecule has 0 bridgehead atoms. The second kappa shape index (κ2) is 4.77. The van der Waals surface area contributed by atoms with Gasteiger partial charge in [0, 0.05) is 32.2 Å². The van der Waals surface area contributed by atoms with Crippen LogP contribution in [0.25, 0.3) is 11.0 Å². The lowest BCUT2D eigenvalue weighted by atomic mass is 10.3. The van der Waals surface area contributed by atoms with Crippen LogP contribution < -0.4 is 4.90 Å². The first-order chi connectivity index (χ1) is 9.16. The molecule has 1 aliphatic heterocycles. The fourth-order valence-electron chi connectivity index (χ4n) is 2.50. The van der Waals surface area contributed by atoms with E-state index >= 15 is 0 Å². The van der Waals surface area contributed by atoms with Crippen molar-refractivity contribution in [2.24, 2.45) is 0 Å². The van der Waals surface area contributed by atoms with Gasteiger partial charge in [0.1, 0.15) is 12.1 Å². The van der Waals surface area contributed by atoms with E-state index in [1.54, 1.807) is 6.33 Å². The summed E-state index contributed by atoms with van der Waals surface area (Å²) in [5.41, 5.74) is 0.930. The van der Waals surface area contributed by atoms with Crippen LogP contribution in [0.15, 0.2) is 12.5 Å². The number of hydrogen-bond donors (Lipinski definition) is 0. The Morgan fingerprint density at radius 2 is 1.84 bits per heavy atom. The average molecular weight is 260 g/mol. The molecule has 0 aliphatic carbocycles. The van der Waals surface area contributed by atoms with Crippen LogP contribution in [0.1, 0.15) is 19.9 Å². The quantitative estimate of drug-likeness (QED) is 0.811. The molecule has 0 N–H and O–H groups in total. The first-order valence-electron chi connectivity index (χ1n) is 6.78. The highest BCUT2D eigenvalue weighted by atomic mass is 15.3. The third-order valence-corrected chi connectivity index (χ3v) is 3.66. The highest BCUT2D eigenvalue weighted by Gasteiger charge is 2.19. The Hall–Kier alpha value is -1.69. The summed E-state index contributed by atoms with van der Waals surface area (Å²) >= 11 is 0.